The third-order valence-electron chi connectivity index (χ3n) is 2.84. The predicted octanol–water partition coefficient (Wildman–Crippen LogP) is 1.29. The minimum Gasteiger partial charge on any atom is -0.469 e. The van der Waals surface area contributed by atoms with Crippen LogP contribution in [0.1, 0.15) is 38.3 Å². The number of esters is 1. The molecule has 0 amide bonds. The normalized spacial score (nSPS) is 14.4. The molecule has 0 saturated heterocycles. The molecular formula is C12H21N3O2. The van der Waals surface area contributed by atoms with Gasteiger partial charge in [0, 0.05) is 30.4 Å². The lowest BCUT2D eigenvalue weighted by atomic mass is 9.94. The van der Waals surface area contributed by atoms with Gasteiger partial charge in [-0.15, -0.1) is 0 Å². The zero-order chi connectivity index (χ0) is 12.8. The smallest absolute Gasteiger partial charge is 0.306 e. The highest BCUT2D eigenvalue weighted by molar-refractivity contribution is 5.70. The summed E-state index contributed by atoms with van der Waals surface area (Å²) in [6.07, 6.45) is 4.88. The van der Waals surface area contributed by atoms with Gasteiger partial charge in [0.25, 0.3) is 0 Å². The van der Waals surface area contributed by atoms with Crippen molar-refractivity contribution < 1.29 is 9.53 Å². The number of aryl methyl sites for hydroxylation is 1. The fraction of sp³-hybridized carbons (Fsp3) is 0.667. The Bertz CT molecular complexity index is 360. The Morgan fingerprint density at radius 3 is 2.88 bits per heavy atom. The highest BCUT2D eigenvalue weighted by atomic mass is 16.5. The van der Waals surface area contributed by atoms with E-state index < -0.39 is 0 Å². The lowest BCUT2D eigenvalue weighted by molar-refractivity contribution is -0.141. The molecule has 0 saturated carbocycles. The van der Waals surface area contributed by atoms with Gasteiger partial charge in [0.15, 0.2) is 0 Å². The molecule has 0 radical (unpaired) electrons. The van der Waals surface area contributed by atoms with Crippen LogP contribution in [0.15, 0.2) is 12.5 Å². The van der Waals surface area contributed by atoms with E-state index in [2.05, 4.69) is 16.5 Å². The van der Waals surface area contributed by atoms with Crippen LogP contribution >= 0.6 is 0 Å². The number of rotatable bonds is 6. The van der Waals surface area contributed by atoms with Gasteiger partial charge < -0.3 is 15.0 Å². The van der Waals surface area contributed by atoms with Crippen LogP contribution in [0, 0.1) is 0 Å². The standard InChI is InChI=1S/C12H21N3O2/c1-4-5-15-8-14-7-11(15)10(9(2)13)6-12(16)17-3/h7-10H,4-6,13H2,1-3H3. The third kappa shape index (κ3) is 3.56. The SMILES string of the molecule is CCCn1cncc1C(CC(=O)OC)C(C)N. The molecule has 2 atom stereocenters. The van der Waals surface area contributed by atoms with E-state index in [1.54, 1.807) is 12.5 Å². The van der Waals surface area contributed by atoms with Gasteiger partial charge in [0.2, 0.25) is 0 Å². The largest absolute Gasteiger partial charge is 0.469 e. The highest BCUT2D eigenvalue weighted by Crippen LogP contribution is 2.23. The quantitative estimate of drug-likeness (QED) is 0.759. The van der Waals surface area contributed by atoms with E-state index in [9.17, 15) is 4.79 Å². The Labute approximate surface area is 102 Å². The maximum absolute atomic E-state index is 11.4. The molecule has 0 fully saturated rings. The van der Waals surface area contributed by atoms with Gasteiger partial charge in [-0.3, -0.25) is 4.79 Å². The van der Waals surface area contributed by atoms with E-state index in [0.717, 1.165) is 18.7 Å². The number of carbonyl (C=O) groups excluding carboxylic acids is 1. The molecule has 5 nitrogen and oxygen atoms in total. The summed E-state index contributed by atoms with van der Waals surface area (Å²) < 4.78 is 6.76. The highest BCUT2D eigenvalue weighted by Gasteiger charge is 2.23. The topological polar surface area (TPSA) is 70.1 Å². The minimum absolute atomic E-state index is 0.0449. The summed E-state index contributed by atoms with van der Waals surface area (Å²) in [6, 6.07) is -0.110. The van der Waals surface area contributed by atoms with E-state index in [4.69, 9.17) is 10.5 Å². The minimum atomic E-state index is -0.239. The van der Waals surface area contributed by atoms with Crippen molar-refractivity contribution in [2.45, 2.75) is 45.2 Å². The first-order chi connectivity index (χ1) is 8.10. The summed E-state index contributed by atoms with van der Waals surface area (Å²) in [7, 11) is 1.39. The number of carbonyl (C=O) groups is 1. The number of imidazole rings is 1. The number of nitrogens with zero attached hydrogens (tertiary/aromatic N) is 2. The van der Waals surface area contributed by atoms with E-state index >= 15 is 0 Å². The number of hydrogen-bond acceptors (Lipinski definition) is 4. The van der Waals surface area contributed by atoms with E-state index in [1.165, 1.54) is 7.11 Å². The first-order valence-corrected chi connectivity index (χ1v) is 5.92. The van der Waals surface area contributed by atoms with Gasteiger partial charge in [0.1, 0.15) is 0 Å². The molecule has 1 rings (SSSR count). The van der Waals surface area contributed by atoms with Gasteiger partial charge in [-0.25, -0.2) is 4.98 Å². The van der Waals surface area contributed by atoms with Crippen LogP contribution in [-0.4, -0.2) is 28.7 Å². The molecule has 5 heteroatoms. The zero-order valence-corrected chi connectivity index (χ0v) is 10.7. The fourth-order valence-corrected chi connectivity index (χ4v) is 1.89. The van der Waals surface area contributed by atoms with Crippen LogP contribution in [0.3, 0.4) is 0 Å². The van der Waals surface area contributed by atoms with E-state index in [1.807, 2.05) is 6.92 Å². The summed E-state index contributed by atoms with van der Waals surface area (Å²) >= 11 is 0. The maximum atomic E-state index is 11.4. The van der Waals surface area contributed by atoms with Crippen molar-refractivity contribution in [1.29, 1.82) is 0 Å². The summed E-state index contributed by atoms with van der Waals surface area (Å²) in [5.74, 6) is -0.284. The van der Waals surface area contributed by atoms with Crippen molar-refractivity contribution in [2.24, 2.45) is 5.73 Å². The van der Waals surface area contributed by atoms with Crippen LogP contribution in [-0.2, 0) is 16.1 Å². The Kier molecular flexibility index (Phi) is 5.15. The van der Waals surface area contributed by atoms with Gasteiger partial charge in [-0.05, 0) is 13.3 Å². The second kappa shape index (κ2) is 6.39. The molecular weight excluding hydrogens is 218 g/mol. The number of hydrogen-bond donors (Lipinski definition) is 1. The van der Waals surface area contributed by atoms with Crippen LogP contribution in [0.25, 0.3) is 0 Å². The van der Waals surface area contributed by atoms with Gasteiger partial charge in [0.05, 0.1) is 19.9 Å². The summed E-state index contributed by atoms with van der Waals surface area (Å²) in [5.41, 5.74) is 6.95. The predicted molar refractivity (Wildman–Crippen MR) is 65.5 cm³/mol. The molecule has 0 aliphatic carbocycles. The Morgan fingerprint density at radius 2 is 2.35 bits per heavy atom. The van der Waals surface area contributed by atoms with Crippen molar-refractivity contribution in [3.05, 3.63) is 18.2 Å². The second-order valence-electron chi connectivity index (χ2n) is 4.26. The monoisotopic (exact) mass is 239 g/mol. The van der Waals surface area contributed by atoms with Crippen molar-refractivity contribution in [3.8, 4) is 0 Å². The third-order valence-corrected chi connectivity index (χ3v) is 2.84. The summed E-state index contributed by atoms with van der Waals surface area (Å²) in [5, 5.41) is 0. The fourth-order valence-electron chi connectivity index (χ4n) is 1.89. The van der Waals surface area contributed by atoms with Crippen molar-refractivity contribution in [1.82, 2.24) is 9.55 Å². The van der Waals surface area contributed by atoms with Gasteiger partial charge in [-0.1, -0.05) is 6.92 Å². The zero-order valence-electron chi connectivity index (χ0n) is 10.7. The van der Waals surface area contributed by atoms with Crippen molar-refractivity contribution >= 4 is 5.97 Å². The number of aromatic nitrogens is 2. The van der Waals surface area contributed by atoms with E-state index in [0.29, 0.717) is 6.42 Å². The number of methoxy groups -OCH3 is 1. The lowest BCUT2D eigenvalue weighted by Crippen LogP contribution is -2.29. The van der Waals surface area contributed by atoms with Crippen LogP contribution in [0.4, 0.5) is 0 Å². The Hall–Kier alpha value is -1.36. The molecule has 0 aliphatic heterocycles. The van der Waals surface area contributed by atoms with Gasteiger partial charge >= 0.3 is 5.97 Å². The number of ether oxygens (including phenoxy) is 1. The molecule has 0 spiro atoms. The van der Waals surface area contributed by atoms with Crippen molar-refractivity contribution in [2.75, 3.05) is 7.11 Å². The first kappa shape index (κ1) is 13.7. The maximum Gasteiger partial charge on any atom is 0.306 e. The van der Waals surface area contributed by atoms with Crippen LogP contribution in [0.5, 0.6) is 0 Å². The second-order valence-corrected chi connectivity index (χ2v) is 4.26. The Morgan fingerprint density at radius 1 is 1.65 bits per heavy atom. The average molecular weight is 239 g/mol. The summed E-state index contributed by atoms with van der Waals surface area (Å²) in [4.78, 5) is 15.5. The van der Waals surface area contributed by atoms with Crippen LogP contribution < -0.4 is 5.73 Å². The van der Waals surface area contributed by atoms with E-state index in [-0.39, 0.29) is 17.9 Å². The van der Waals surface area contributed by atoms with Gasteiger partial charge in [-0.2, -0.15) is 0 Å². The molecule has 96 valence electrons. The number of nitrogens with two attached hydrogens (primary N) is 1. The first-order valence-electron chi connectivity index (χ1n) is 5.92. The molecule has 17 heavy (non-hydrogen) atoms. The molecule has 1 aromatic heterocycles. The molecule has 0 aromatic carbocycles. The Balaban J connectivity index is 2.89. The molecule has 0 aliphatic rings. The molecule has 0 bridgehead atoms. The summed E-state index contributed by atoms with van der Waals surface area (Å²) in [6.45, 7) is 4.89. The molecule has 2 N–H and O–H groups in total. The molecule has 2 unspecified atom stereocenters. The average Bonchev–Trinajstić information content (AvgIpc) is 2.73. The van der Waals surface area contributed by atoms with Crippen molar-refractivity contribution in [3.63, 3.8) is 0 Å². The molecule has 1 aromatic rings. The van der Waals surface area contributed by atoms with Crippen LogP contribution in [0.2, 0.25) is 0 Å². The lowest BCUT2D eigenvalue weighted by Gasteiger charge is -2.21. The molecule has 1 heterocycles.